The summed E-state index contributed by atoms with van der Waals surface area (Å²) in [6.45, 7) is 2.13. The molecule has 3 aromatic heterocycles. The number of fused-ring (bicyclic) bond motifs is 13. The van der Waals surface area contributed by atoms with Crippen LogP contribution >= 0.6 is 0 Å². The van der Waals surface area contributed by atoms with Crippen LogP contribution in [-0.4, -0.2) is 55.6 Å². The Morgan fingerprint density at radius 2 is 1.87 bits per heavy atom. The third-order valence-corrected chi connectivity index (χ3v) is 10.7. The zero-order valence-corrected chi connectivity index (χ0v) is 26.6. The average Bonchev–Trinajstić information content (AvgIpc) is 3.85. The van der Waals surface area contributed by atoms with Gasteiger partial charge >= 0.3 is 0 Å². The van der Waals surface area contributed by atoms with Crippen molar-refractivity contribution in [2.75, 3.05) is 13.7 Å². The van der Waals surface area contributed by atoms with Gasteiger partial charge in [-0.2, -0.15) is 0 Å². The normalized spacial score (nSPS) is 20.6. The third-order valence-electron chi connectivity index (χ3n) is 10.7. The number of carbonyl (C=O) groups excluding carboxylic acids is 1. The van der Waals surface area contributed by atoms with E-state index in [0.717, 1.165) is 78.8 Å². The number of likely N-dealkylation sites (tertiary alicyclic amines) is 1. The van der Waals surface area contributed by atoms with Gasteiger partial charge in [-0.05, 0) is 96.7 Å². The highest BCUT2D eigenvalue weighted by molar-refractivity contribution is 6.00. The summed E-state index contributed by atoms with van der Waals surface area (Å²) in [5.74, 6) is 1.87. The fourth-order valence-corrected chi connectivity index (χ4v) is 8.43. The van der Waals surface area contributed by atoms with Crippen LogP contribution < -0.4 is 10.5 Å². The van der Waals surface area contributed by atoms with Gasteiger partial charge in [-0.15, -0.1) is 0 Å². The molecule has 2 fully saturated rings. The molecule has 1 saturated carbocycles. The molecule has 0 radical (unpaired) electrons. The number of nitrogens with two attached hydrogens (primary N) is 1. The van der Waals surface area contributed by atoms with E-state index in [1.54, 1.807) is 7.11 Å². The van der Waals surface area contributed by atoms with Crippen LogP contribution in [-0.2, 0) is 19.5 Å². The molecule has 3 aromatic carbocycles. The van der Waals surface area contributed by atoms with Crippen molar-refractivity contribution in [2.24, 2.45) is 11.7 Å². The summed E-state index contributed by atoms with van der Waals surface area (Å²) < 4.78 is 10.7. The van der Waals surface area contributed by atoms with E-state index in [0.29, 0.717) is 23.8 Å². The number of aryl methyl sites for hydroxylation is 2. The van der Waals surface area contributed by atoms with Crippen LogP contribution in [0.25, 0.3) is 44.7 Å². The van der Waals surface area contributed by atoms with Gasteiger partial charge in [0.15, 0.2) is 5.82 Å². The van der Waals surface area contributed by atoms with Gasteiger partial charge in [0.2, 0.25) is 0 Å². The van der Waals surface area contributed by atoms with Gasteiger partial charge in [0.05, 0.1) is 18.3 Å². The van der Waals surface area contributed by atoms with Gasteiger partial charge in [0, 0.05) is 48.9 Å². The van der Waals surface area contributed by atoms with Crippen molar-refractivity contribution in [3.05, 3.63) is 102 Å². The summed E-state index contributed by atoms with van der Waals surface area (Å²) in [5, 5.41) is 1.08. The fourth-order valence-electron chi connectivity index (χ4n) is 8.43. The molecular formula is C39H38N6O2. The van der Waals surface area contributed by atoms with Gasteiger partial charge in [-0.1, -0.05) is 42.5 Å². The van der Waals surface area contributed by atoms with E-state index in [2.05, 4.69) is 69.8 Å². The van der Waals surface area contributed by atoms with Crippen LogP contribution in [0.15, 0.2) is 85.1 Å². The third kappa shape index (κ3) is 4.57. The van der Waals surface area contributed by atoms with Crippen LogP contribution in [0.3, 0.4) is 0 Å². The van der Waals surface area contributed by atoms with Crippen LogP contribution in [0, 0.1) is 5.92 Å². The molecule has 6 aromatic rings. The highest BCUT2D eigenvalue weighted by atomic mass is 16.5. The average molecular weight is 623 g/mol. The van der Waals surface area contributed by atoms with Gasteiger partial charge in [0.1, 0.15) is 16.9 Å². The van der Waals surface area contributed by atoms with E-state index in [-0.39, 0.29) is 18.0 Å². The van der Waals surface area contributed by atoms with Crippen molar-refractivity contribution in [2.45, 2.75) is 57.3 Å². The molecule has 3 aliphatic rings. The molecule has 4 bridgehead atoms. The fraction of sp³-hybridized carbons (Fsp3) is 0.308. The van der Waals surface area contributed by atoms with Crippen molar-refractivity contribution in [3.63, 3.8) is 0 Å². The Balaban J connectivity index is 1.25. The predicted octanol–water partition coefficient (Wildman–Crippen LogP) is 6.67. The topological polar surface area (TPSA) is 91.2 Å². The molecule has 8 heteroatoms. The standard InChI is InChI=1S/C39H38N6O2/c1-47-34-21-29(39(46)44-23-28-14-15-32(44)35(28)40)19-31-36(34)45-22-24-8-6-11-26(18-24)30-13-3-2-9-25(30)10-4-5-17-43-33(38(45)42-31)20-27-12-7-16-41-37(27)43/h2-3,6-9,11-13,16,18-21,28,32,35H,4-5,10,14-15,17,22-23,40H2,1H3/t28?,32?,35-/m1/s1. The van der Waals surface area contributed by atoms with E-state index < -0.39 is 0 Å². The first kappa shape index (κ1) is 28.3. The molecule has 2 aliphatic heterocycles. The molecule has 8 nitrogen and oxygen atoms in total. The monoisotopic (exact) mass is 622 g/mol. The lowest BCUT2D eigenvalue weighted by molar-refractivity contribution is 0.0700. The SMILES string of the molecule is COc1cc(C(=O)N2CC3CCC2[C@@H]3N)cc2nc3n(c12)Cc1cccc(c1)-c1ccccc1CCCCn1c-3cc2cccnc21. The number of aromatic nitrogens is 4. The van der Waals surface area contributed by atoms with Gasteiger partial charge in [-0.3, -0.25) is 4.79 Å². The molecular weight excluding hydrogens is 584 g/mol. The highest BCUT2D eigenvalue weighted by Crippen LogP contribution is 2.40. The zero-order chi connectivity index (χ0) is 31.6. The van der Waals surface area contributed by atoms with Crippen molar-refractivity contribution < 1.29 is 9.53 Å². The molecule has 236 valence electrons. The maximum Gasteiger partial charge on any atom is 0.254 e. The maximum atomic E-state index is 14.0. The Kier molecular flexibility index (Phi) is 6.68. The number of imidazole rings is 1. The zero-order valence-electron chi connectivity index (χ0n) is 26.6. The minimum absolute atomic E-state index is 0.00650. The lowest BCUT2D eigenvalue weighted by atomic mass is 9.95. The molecule has 1 aliphatic carbocycles. The molecule has 1 saturated heterocycles. The number of rotatable bonds is 2. The summed E-state index contributed by atoms with van der Waals surface area (Å²) in [5.41, 5.74) is 15.7. The quantitative estimate of drug-likeness (QED) is 0.233. The van der Waals surface area contributed by atoms with Crippen molar-refractivity contribution in [1.82, 2.24) is 24.0 Å². The molecule has 47 heavy (non-hydrogen) atoms. The largest absolute Gasteiger partial charge is 0.494 e. The van der Waals surface area contributed by atoms with E-state index >= 15 is 0 Å². The first-order chi connectivity index (χ1) is 23.1. The summed E-state index contributed by atoms with van der Waals surface area (Å²) in [6, 6.07) is 27.9. The van der Waals surface area contributed by atoms with E-state index in [4.69, 9.17) is 20.4 Å². The van der Waals surface area contributed by atoms with Gasteiger partial charge in [0.25, 0.3) is 5.91 Å². The van der Waals surface area contributed by atoms with Crippen LogP contribution in [0.1, 0.15) is 47.2 Å². The summed E-state index contributed by atoms with van der Waals surface area (Å²) in [4.78, 5) is 26.1. The molecule has 9 rings (SSSR count). The van der Waals surface area contributed by atoms with E-state index in [9.17, 15) is 4.79 Å². The van der Waals surface area contributed by atoms with E-state index in [1.165, 1.54) is 22.3 Å². The minimum Gasteiger partial charge on any atom is -0.494 e. The van der Waals surface area contributed by atoms with Gasteiger partial charge in [-0.25, -0.2) is 9.97 Å². The van der Waals surface area contributed by atoms with Gasteiger partial charge < -0.3 is 24.5 Å². The van der Waals surface area contributed by atoms with E-state index in [1.807, 2.05) is 29.3 Å². The lowest BCUT2D eigenvalue weighted by Gasteiger charge is -2.27. The smallest absolute Gasteiger partial charge is 0.254 e. The Hall–Kier alpha value is -4.95. The van der Waals surface area contributed by atoms with Crippen LogP contribution in [0.4, 0.5) is 0 Å². The first-order valence-corrected chi connectivity index (χ1v) is 16.8. The number of nitrogens with zero attached hydrogens (tertiary/aromatic N) is 5. The number of hydrogen-bond donors (Lipinski definition) is 1. The lowest BCUT2D eigenvalue weighted by Crippen LogP contribution is -2.41. The van der Waals surface area contributed by atoms with Crippen molar-refractivity contribution in [3.8, 4) is 28.4 Å². The Morgan fingerprint density at radius 3 is 2.72 bits per heavy atom. The Bertz CT molecular complexity index is 2180. The Morgan fingerprint density at radius 1 is 0.957 bits per heavy atom. The summed E-state index contributed by atoms with van der Waals surface area (Å²) in [7, 11) is 1.68. The maximum absolute atomic E-state index is 14.0. The molecule has 2 N–H and O–H groups in total. The first-order valence-electron chi connectivity index (χ1n) is 16.8. The molecule has 2 unspecified atom stereocenters. The van der Waals surface area contributed by atoms with Crippen LogP contribution in [0.5, 0.6) is 5.75 Å². The highest BCUT2D eigenvalue weighted by Gasteiger charge is 2.47. The number of ether oxygens (including phenoxy) is 1. The summed E-state index contributed by atoms with van der Waals surface area (Å²) >= 11 is 0. The number of benzene rings is 3. The second kappa shape index (κ2) is 11.1. The number of hydrogen-bond acceptors (Lipinski definition) is 5. The second-order valence-corrected chi connectivity index (χ2v) is 13.4. The molecule has 3 atom stereocenters. The number of methoxy groups -OCH3 is 1. The molecule has 0 spiro atoms. The number of amides is 1. The van der Waals surface area contributed by atoms with Crippen molar-refractivity contribution >= 4 is 28.0 Å². The number of carbonyl (C=O) groups is 1. The minimum atomic E-state index is 0.00650. The second-order valence-electron chi connectivity index (χ2n) is 13.4. The number of pyridine rings is 1. The van der Waals surface area contributed by atoms with Crippen molar-refractivity contribution in [1.29, 1.82) is 0 Å². The molecule has 1 amide bonds. The van der Waals surface area contributed by atoms with Crippen LogP contribution in [0.2, 0.25) is 0 Å². The molecule has 5 heterocycles. The predicted molar refractivity (Wildman–Crippen MR) is 184 cm³/mol. The Labute approximate surface area is 273 Å². The summed E-state index contributed by atoms with van der Waals surface area (Å²) in [6.07, 6.45) is 7.01. The number of piperidine rings is 1.